The molecule has 0 aliphatic carbocycles. The molecule has 0 unspecified atom stereocenters. The maximum atomic E-state index is 11.9. The third kappa shape index (κ3) is 4.13. The molecule has 7 nitrogen and oxygen atoms in total. The molecule has 1 aromatic carbocycles. The molecule has 3 aromatic rings. The first-order valence-corrected chi connectivity index (χ1v) is 8.10. The van der Waals surface area contributed by atoms with Gasteiger partial charge in [-0.3, -0.25) is 9.20 Å². The molecule has 0 saturated carbocycles. The largest absolute Gasteiger partial charge is 0.465 e. The Kier molecular flexibility index (Phi) is 5.38. The highest BCUT2D eigenvalue weighted by atomic mass is 16.5. The van der Waals surface area contributed by atoms with Crippen molar-refractivity contribution in [2.45, 2.75) is 6.42 Å². The van der Waals surface area contributed by atoms with Crippen molar-refractivity contribution in [1.82, 2.24) is 19.9 Å². The van der Waals surface area contributed by atoms with Gasteiger partial charge < -0.3 is 10.1 Å². The Bertz CT molecular complexity index is 945. The highest BCUT2D eigenvalue weighted by Gasteiger charge is 2.05. The van der Waals surface area contributed by atoms with Crippen LogP contribution in [-0.2, 0) is 16.0 Å². The molecular formula is C19H18N4O3. The first-order chi connectivity index (χ1) is 12.7. The van der Waals surface area contributed by atoms with Crippen LogP contribution in [0.5, 0.6) is 0 Å². The predicted octanol–water partition coefficient (Wildman–Crippen LogP) is 1.89. The lowest BCUT2D eigenvalue weighted by Gasteiger charge is -2.02. The van der Waals surface area contributed by atoms with Crippen molar-refractivity contribution >= 4 is 23.6 Å². The number of aromatic nitrogens is 3. The minimum atomic E-state index is -0.390. The predicted molar refractivity (Wildman–Crippen MR) is 96.5 cm³/mol. The van der Waals surface area contributed by atoms with Crippen molar-refractivity contribution in [1.29, 1.82) is 0 Å². The maximum Gasteiger partial charge on any atom is 0.337 e. The molecule has 0 fully saturated rings. The number of carbonyl (C=O) groups is 2. The molecule has 0 aliphatic heterocycles. The van der Waals surface area contributed by atoms with E-state index in [4.69, 9.17) is 0 Å². The highest BCUT2D eigenvalue weighted by molar-refractivity contribution is 5.92. The Morgan fingerprint density at radius 2 is 1.96 bits per heavy atom. The van der Waals surface area contributed by atoms with Gasteiger partial charge in [-0.2, -0.15) is 0 Å². The van der Waals surface area contributed by atoms with Crippen LogP contribution in [0, 0.1) is 0 Å². The van der Waals surface area contributed by atoms with Gasteiger partial charge in [0, 0.05) is 25.2 Å². The number of esters is 1. The van der Waals surface area contributed by atoms with E-state index >= 15 is 0 Å². The highest BCUT2D eigenvalue weighted by Crippen LogP contribution is 2.07. The number of hydrogen-bond acceptors (Lipinski definition) is 5. The van der Waals surface area contributed by atoms with E-state index in [0.717, 1.165) is 17.0 Å². The molecule has 26 heavy (non-hydrogen) atoms. The first kappa shape index (κ1) is 17.3. The van der Waals surface area contributed by atoms with Gasteiger partial charge in [-0.1, -0.05) is 18.2 Å². The number of hydrogen-bond donors (Lipinski definition) is 1. The van der Waals surface area contributed by atoms with E-state index in [0.29, 0.717) is 18.5 Å². The Balaban J connectivity index is 1.51. The standard InChI is InChI=1S/C19H18N4O3/c1-26-19(25)15-8-5-14(6-9-15)7-10-18(24)20-12-11-17-22-21-16-4-2-3-13-23(16)17/h2-10,13H,11-12H2,1H3,(H,20,24). The minimum absolute atomic E-state index is 0.198. The average molecular weight is 350 g/mol. The van der Waals surface area contributed by atoms with Crippen molar-refractivity contribution in [3.8, 4) is 0 Å². The lowest BCUT2D eigenvalue weighted by molar-refractivity contribution is -0.116. The van der Waals surface area contributed by atoms with E-state index in [-0.39, 0.29) is 11.9 Å². The molecule has 2 heterocycles. The fourth-order valence-electron chi connectivity index (χ4n) is 2.44. The molecule has 0 aliphatic rings. The number of rotatable bonds is 6. The van der Waals surface area contributed by atoms with E-state index in [9.17, 15) is 9.59 Å². The lowest BCUT2D eigenvalue weighted by Crippen LogP contribution is -2.24. The number of carbonyl (C=O) groups excluding carboxylic acids is 2. The van der Waals surface area contributed by atoms with Crippen LogP contribution >= 0.6 is 0 Å². The zero-order chi connectivity index (χ0) is 18.4. The second-order valence-corrected chi connectivity index (χ2v) is 5.53. The number of fused-ring (bicyclic) bond motifs is 1. The van der Waals surface area contributed by atoms with Crippen molar-refractivity contribution in [2.24, 2.45) is 0 Å². The van der Waals surface area contributed by atoms with Crippen LogP contribution in [0.25, 0.3) is 11.7 Å². The molecule has 3 rings (SSSR count). The van der Waals surface area contributed by atoms with Crippen LogP contribution in [0.1, 0.15) is 21.7 Å². The van der Waals surface area contributed by atoms with Gasteiger partial charge in [0.05, 0.1) is 12.7 Å². The van der Waals surface area contributed by atoms with Crippen LogP contribution in [0.4, 0.5) is 0 Å². The number of ether oxygens (including phenoxy) is 1. The summed E-state index contributed by atoms with van der Waals surface area (Å²) in [6, 6.07) is 12.5. The van der Waals surface area contributed by atoms with E-state index in [1.807, 2.05) is 28.8 Å². The van der Waals surface area contributed by atoms with E-state index in [1.165, 1.54) is 13.2 Å². The zero-order valence-corrected chi connectivity index (χ0v) is 14.3. The summed E-state index contributed by atoms with van der Waals surface area (Å²) in [5.41, 5.74) is 2.06. The van der Waals surface area contributed by atoms with Crippen molar-refractivity contribution < 1.29 is 14.3 Å². The quantitative estimate of drug-likeness (QED) is 0.542. The number of nitrogens with one attached hydrogen (secondary N) is 1. The minimum Gasteiger partial charge on any atom is -0.465 e. The Hall–Kier alpha value is -3.48. The number of pyridine rings is 1. The molecule has 7 heteroatoms. The molecule has 132 valence electrons. The molecule has 1 N–H and O–H groups in total. The molecule has 0 radical (unpaired) electrons. The van der Waals surface area contributed by atoms with Crippen molar-refractivity contribution in [2.75, 3.05) is 13.7 Å². The lowest BCUT2D eigenvalue weighted by atomic mass is 10.1. The summed E-state index contributed by atoms with van der Waals surface area (Å²) in [6.07, 6.45) is 5.61. The van der Waals surface area contributed by atoms with Gasteiger partial charge in [0.1, 0.15) is 5.82 Å². The van der Waals surface area contributed by atoms with Gasteiger partial charge in [0.15, 0.2) is 5.65 Å². The number of amides is 1. The Morgan fingerprint density at radius 1 is 1.15 bits per heavy atom. The van der Waals surface area contributed by atoms with E-state index < -0.39 is 0 Å². The van der Waals surface area contributed by atoms with Gasteiger partial charge in [0.2, 0.25) is 5.91 Å². The Labute approximate surface area is 150 Å². The number of methoxy groups -OCH3 is 1. The molecule has 0 atom stereocenters. The molecule has 0 spiro atoms. The summed E-state index contributed by atoms with van der Waals surface area (Å²) in [4.78, 5) is 23.3. The summed E-state index contributed by atoms with van der Waals surface area (Å²) < 4.78 is 6.54. The van der Waals surface area contributed by atoms with E-state index in [2.05, 4.69) is 20.3 Å². The van der Waals surface area contributed by atoms with Crippen molar-refractivity contribution in [3.63, 3.8) is 0 Å². The fraction of sp³-hybridized carbons (Fsp3) is 0.158. The normalized spacial score (nSPS) is 11.0. The van der Waals surface area contributed by atoms with Crippen LogP contribution in [-0.4, -0.2) is 40.1 Å². The molecular weight excluding hydrogens is 332 g/mol. The van der Waals surface area contributed by atoms with Gasteiger partial charge in [0.25, 0.3) is 0 Å². The summed E-state index contributed by atoms with van der Waals surface area (Å²) in [5, 5.41) is 11.0. The number of benzene rings is 1. The fourth-order valence-corrected chi connectivity index (χ4v) is 2.44. The van der Waals surface area contributed by atoms with Crippen molar-refractivity contribution in [3.05, 3.63) is 71.7 Å². The zero-order valence-electron chi connectivity index (χ0n) is 14.3. The first-order valence-electron chi connectivity index (χ1n) is 8.10. The van der Waals surface area contributed by atoms with E-state index in [1.54, 1.807) is 30.3 Å². The number of nitrogens with zero attached hydrogens (tertiary/aromatic N) is 3. The van der Waals surface area contributed by atoms with Gasteiger partial charge in [-0.15, -0.1) is 10.2 Å². The summed E-state index contributed by atoms with van der Waals surface area (Å²) >= 11 is 0. The summed E-state index contributed by atoms with van der Waals surface area (Å²) in [7, 11) is 1.34. The van der Waals surface area contributed by atoms with Gasteiger partial charge >= 0.3 is 5.97 Å². The van der Waals surface area contributed by atoms with Crippen LogP contribution in [0.3, 0.4) is 0 Å². The van der Waals surface area contributed by atoms with Crippen LogP contribution in [0.15, 0.2) is 54.7 Å². The SMILES string of the molecule is COC(=O)c1ccc(C=CC(=O)NCCc2nnc3ccccn23)cc1. The van der Waals surface area contributed by atoms with Crippen LogP contribution < -0.4 is 5.32 Å². The smallest absolute Gasteiger partial charge is 0.337 e. The summed E-state index contributed by atoms with van der Waals surface area (Å²) in [6.45, 7) is 0.458. The second kappa shape index (κ2) is 8.06. The van der Waals surface area contributed by atoms with Crippen LogP contribution in [0.2, 0.25) is 0 Å². The molecule has 0 bridgehead atoms. The second-order valence-electron chi connectivity index (χ2n) is 5.53. The monoisotopic (exact) mass is 350 g/mol. The summed E-state index contributed by atoms with van der Waals surface area (Å²) in [5.74, 6) is 0.207. The molecule has 0 saturated heterocycles. The molecule has 2 aromatic heterocycles. The molecule has 1 amide bonds. The third-order valence-corrected chi connectivity index (χ3v) is 3.79. The van der Waals surface area contributed by atoms with Gasteiger partial charge in [-0.05, 0) is 35.9 Å². The Morgan fingerprint density at radius 3 is 2.73 bits per heavy atom. The average Bonchev–Trinajstić information content (AvgIpc) is 3.09. The maximum absolute atomic E-state index is 11.9. The van der Waals surface area contributed by atoms with Gasteiger partial charge in [-0.25, -0.2) is 4.79 Å². The topological polar surface area (TPSA) is 85.6 Å². The third-order valence-electron chi connectivity index (χ3n) is 3.79.